The van der Waals surface area contributed by atoms with Crippen molar-refractivity contribution in [1.82, 2.24) is 5.32 Å². The lowest BCUT2D eigenvalue weighted by molar-refractivity contribution is 0.166. The number of benzene rings is 1. The first kappa shape index (κ1) is 14.1. The van der Waals surface area contributed by atoms with Gasteiger partial charge >= 0.3 is 0 Å². The normalized spacial score (nSPS) is 29.3. The third-order valence-corrected chi connectivity index (χ3v) is 5.88. The first-order chi connectivity index (χ1) is 9.80. The zero-order chi connectivity index (χ0) is 14.0. The average molecular weight is 271 g/mol. The zero-order valence-corrected chi connectivity index (χ0v) is 13.1. The number of rotatable bonds is 6. The van der Waals surface area contributed by atoms with E-state index in [-0.39, 0.29) is 0 Å². The highest BCUT2D eigenvalue weighted by molar-refractivity contribution is 5.27. The molecular weight excluding hydrogens is 242 g/mol. The molecule has 0 radical (unpaired) electrons. The van der Waals surface area contributed by atoms with E-state index in [9.17, 15) is 0 Å². The SMILES string of the molecule is CCNC(C1CC1c1ccccc1)C1(CC)CCCC1. The molecule has 2 saturated carbocycles. The summed E-state index contributed by atoms with van der Waals surface area (Å²) in [5.74, 6) is 1.68. The van der Waals surface area contributed by atoms with E-state index in [0.29, 0.717) is 5.41 Å². The summed E-state index contributed by atoms with van der Waals surface area (Å²) in [5, 5.41) is 3.88. The van der Waals surface area contributed by atoms with Crippen molar-refractivity contribution < 1.29 is 0 Å². The third kappa shape index (κ3) is 2.53. The highest BCUT2D eigenvalue weighted by atomic mass is 15.0. The molecule has 0 spiro atoms. The van der Waals surface area contributed by atoms with Gasteiger partial charge in [0.05, 0.1) is 0 Å². The van der Waals surface area contributed by atoms with Crippen molar-refractivity contribution in [1.29, 1.82) is 0 Å². The van der Waals surface area contributed by atoms with Gasteiger partial charge in [0.25, 0.3) is 0 Å². The molecule has 1 heteroatoms. The van der Waals surface area contributed by atoms with Gasteiger partial charge in [0.15, 0.2) is 0 Å². The van der Waals surface area contributed by atoms with Crippen LogP contribution in [-0.4, -0.2) is 12.6 Å². The number of hydrogen-bond donors (Lipinski definition) is 1. The van der Waals surface area contributed by atoms with Crippen LogP contribution in [0.4, 0.5) is 0 Å². The Morgan fingerprint density at radius 2 is 1.85 bits per heavy atom. The molecule has 110 valence electrons. The zero-order valence-electron chi connectivity index (χ0n) is 13.1. The van der Waals surface area contributed by atoms with Crippen LogP contribution >= 0.6 is 0 Å². The second-order valence-corrected chi connectivity index (χ2v) is 6.88. The van der Waals surface area contributed by atoms with Gasteiger partial charge in [-0.25, -0.2) is 0 Å². The van der Waals surface area contributed by atoms with Crippen molar-refractivity contribution in [3.05, 3.63) is 35.9 Å². The molecule has 1 N–H and O–H groups in total. The number of nitrogens with one attached hydrogen (secondary N) is 1. The quantitative estimate of drug-likeness (QED) is 0.788. The van der Waals surface area contributed by atoms with Crippen molar-refractivity contribution in [2.75, 3.05) is 6.54 Å². The molecule has 2 fully saturated rings. The van der Waals surface area contributed by atoms with Crippen molar-refractivity contribution >= 4 is 0 Å². The van der Waals surface area contributed by atoms with Crippen LogP contribution in [0.5, 0.6) is 0 Å². The Hall–Kier alpha value is -0.820. The van der Waals surface area contributed by atoms with E-state index in [2.05, 4.69) is 49.5 Å². The lowest BCUT2D eigenvalue weighted by Crippen LogP contribution is -2.45. The van der Waals surface area contributed by atoms with Crippen molar-refractivity contribution in [3.8, 4) is 0 Å². The predicted octanol–water partition coefficient (Wildman–Crippen LogP) is 4.74. The molecule has 0 aromatic heterocycles. The van der Waals surface area contributed by atoms with Crippen LogP contribution in [0.3, 0.4) is 0 Å². The standard InChI is InChI=1S/C19H29N/c1-3-19(12-8-9-13-19)18(20-4-2)17-14-16(17)15-10-6-5-7-11-15/h5-7,10-11,16-18,20H,3-4,8-9,12-14H2,1-2H3. The van der Waals surface area contributed by atoms with Crippen LogP contribution in [0.1, 0.15) is 63.9 Å². The third-order valence-electron chi connectivity index (χ3n) is 5.88. The predicted molar refractivity (Wildman–Crippen MR) is 85.9 cm³/mol. The lowest BCUT2D eigenvalue weighted by atomic mass is 9.73. The molecule has 3 unspecified atom stereocenters. The van der Waals surface area contributed by atoms with Gasteiger partial charge in [-0.15, -0.1) is 0 Å². The van der Waals surface area contributed by atoms with Crippen LogP contribution < -0.4 is 5.32 Å². The first-order valence-corrected chi connectivity index (χ1v) is 8.59. The van der Waals surface area contributed by atoms with E-state index in [4.69, 9.17) is 0 Å². The summed E-state index contributed by atoms with van der Waals surface area (Å²) in [5.41, 5.74) is 2.15. The molecule has 1 aromatic carbocycles. The van der Waals surface area contributed by atoms with Crippen LogP contribution in [0, 0.1) is 11.3 Å². The minimum atomic E-state index is 0.588. The summed E-state index contributed by atoms with van der Waals surface area (Å²) in [4.78, 5) is 0. The summed E-state index contributed by atoms with van der Waals surface area (Å²) in [6.07, 6.45) is 8.52. The maximum absolute atomic E-state index is 3.88. The molecule has 1 nitrogen and oxygen atoms in total. The minimum absolute atomic E-state index is 0.588. The van der Waals surface area contributed by atoms with Crippen molar-refractivity contribution in [3.63, 3.8) is 0 Å². The average Bonchev–Trinajstić information content (AvgIpc) is 3.14. The van der Waals surface area contributed by atoms with E-state index >= 15 is 0 Å². The topological polar surface area (TPSA) is 12.0 Å². The van der Waals surface area contributed by atoms with E-state index in [1.807, 2.05) is 0 Å². The molecule has 1 aromatic rings. The number of hydrogen-bond acceptors (Lipinski definition) is 1. The van der Waals surface area contributed by atoms with Crippen LogP contribution in [0.15, 0.2) is 30.3 Å². The molecule has 0 bridgehead atoms. The molecule has 2 aliphatic carbocycles. The van der Waals surface area contributed by atoms with Gasteiger partial charge in [-0.3, -0.25) is 0 Å². The minimum Gasteiger partial charge on any atom is -0.313 e. The summed E-state index contributed by atoms with van der Waals surface area (Å²) in [7, 11) is 0. The van der Waals surface area contributed by atoms with Gasteiger partial charge in [0.1, 0.15) is 0 Å². The first-order valence-electron chi connectivity index (χ1n) is 8.59. The Labute approximate surface area is 124 Å². The Morgan fingerprint density at radius 1 is 1.15 bits per heavy atom. The summed E-state index contributed by atoms with van der Waals surface area (Å²) in [6.45, 7) is 5.80. The second-order valence-electron chi connectivity index (χ2n) is 6.88. The lowest BCUT2D eigenvalue weighted by Gasteiger charge is -2.38. The van der Waals surface area contributed by atoms with Gasteiger partial charge in [0.2, 0.25) is 0 Å². The highest BCUT2D eigenvalue weighted by Gasteiger charge is 2.52. The van der Waals surface area contributed by atoms with Gasteiger partial charge in [-0.2, -0.15) is 0 Å². The van der Waals surface area contributed by atoms with Crippen LogP contribution in [0.25, 0.3) is 0 Å². The Balaban J connectivity index is 1.76. The Kier molecular flexibility index (Phi) is 4.16. The largest absolute Gasteiger partial charge is 0.313 e. The summed E-state index contributed by atoms with van der Waals surface area (Å²) in [6, 6.07) is 11.9. The smallest absolute Gasteiger partial charge is 0.0158 e. The van der Waals surface area contributed by atoms with Gasteiger partial charge in [-0.1, -0.05) is 57.0 Å². The maximum Gasteiger partial charge on any atom is 0.0158 e. The molecule has 3 rings (SSSR count). The molecule has 20 heavy (non-hydrogen) atoms. The monoisotopic (exact) mass is 271 g/mol. The molecule has 2 aliphatic rings. The van der Waals surface area contributed by atoms with Crippen LogP contribution in [0.2, 0.25) is 0 Å². The summed E-state index contributed by atoms with van der Waals surface area (Å²) < 4.78 is 0. The van der Waals surface area contributed by atoms with Crippen LogP contribution in [-0.2, 0) is 0 Å². The molecule has 0 aliphatic heterocycles. The fraction of sp³-hybridized carbons (Fsp3) is 0.684. The molecule has 0 heterocycles. The van der Waals surface area contributed by atoms with E-state index in [1.165, 1.54) is 38.5 Å². The Bertz CT molecular complexity index is 419. The van der Waals surface area contributed by atoms with Gasteiger partial charge < -0.3 is 5.32 Å². The van der Waals surface area contributed by atoms with E-state index < -0.39 is 0 Å². The molecule has 0 saturated heterocycles. The maximum atomic E-state index is 3.88. The van der Waals surface area contributed by atoms with E-state index in [1.54, 1.807) is 5.56 Å². The van der Waals surface area contributed by atoms with Gasteiger partial charge in [0, 0.05) is 6.04 Å². The Morgan fingerprint density at radius 3 is 2.45 bits per heavy atom. The highest BCUT2D eigenvalue weighted by Crippen LogP contribution is 2.57. The molecule has 3 atom stereocenters. The fourth-order valence-corrected chi connectivity index (χ4v) is 4.67. The van der Waals surface area contributed by atoms with Crippen molar-refractivity contribution in [2.24, 2.45) is 11.3 Å². The molecular formula is C19H29N. The van der Waals surface area contributed by atoms with Gasteiger partial charge in [-0.05, 0) is 55.0 Å². The van der Waals surface area contributed by atoms with Crippen molar-refractivity contribution in [2.45, 2.75) is 64.3 Å². The molecule has 0 amide bonds. The second kappa shape index (κ2) is 5.89. The fourth-order valence-electron chi connectivity index (χ4n) is 4.67. The summed E-state index contributed by atoms with van der Waals surface area (Å²) >= 11 is 0. The van der Waals surface area contributed by atoms with E-state index in [0.717, 1.165) is 24.4 Å².